The molecule has 1 aliphatic rings. The summed E-state index contributed by atoms with van der Waals surface area (Å²) in [6.07, 6.45) is 0. The Kier molecular flexibility index (Phi) is 6.68. The molecule has 2 aromatic heterocycles. The fourth-order valence-corrected chi connectivity index (χ4v) is 7.14. The Hall–Kier alpha value is -2.24. The fourth-order valence-electron chi connectivity index (χ4n) is 3.31. The molecule has 0 atom stereocenters. The van der Waals surface area contributed by atoms with Crippen LogP contribution in [0.1, 0.15) is 20.0 Å². The molecule has 0 bridgehead atoms. The topological polar surface area (TPSA) is 84.0 Å². The highest BCUT2D eigenvalue weighted by atomic mass is 35.5. The average molecular weight is 511 g/mol. The SMILES string of the molecule is COC(=O)c1csc(S(=O)(=O)N2CCN(C(=O)c3ccc(-c4ccc(Cl)cc4)s3)CC2)c1. The fraction of sp³-hybridized carbons (Fsp3) is 0.238. The number of halogens is 1. The van der Waals surface area contributed by atoms with Crippen LogP contribution in [0.25, 0.3) is 10.4 Å². The van der Waals surface area contributed by atoms with E-state index >= 15 is 0 Å². The average Bonchev–Trinajstić information content (AvgIpc) is 3.49. The Morgan fingerprint density at radius 3 is 2.38 bits per heavy atom. The minimum atomic E-state index is -3.73. The zero-order valence-electron chi connectivity index (χ0n) is 17.0. The molecule has 0 aliphatic carbocycles. The van der Waals surface area contributed by atoms with Crippen molar-refractivity contribution in [2.45, 2.75) is 4.21 Å². The number of methoxy groups -OCH3 is 1. The van der Waals surface area contributed by atoms with Crippen molar-refractivity contribution in [2.24, 2.45) is 0 Å². The molecule has 1 aliphatic heterocycles. The van der Waals surface area contributed by atoms with Crippen molar-refractivity contribution in [3.05, 3.63) is 63.3 Å². The van der Waals surface area contributed by atoms with Crippen molar-refractivity contribution in [3.8, 4) is 10.4 Å². The van der Waals surface area contributed by atoms with E-state index in [2.05, 4.69) is 4.74 Å². The van der Waals surface area contributed by atoms with Crippen LogP contribution in [0.5, 0.6) is 0 Å². The number of hydrogen-bond donors (Lipinski definition) is 0. The predicted molar refractivity (Wildman–Crippen MR) is 125 cm³/mol. The standard InChI is InChI=1S/C21H19ClN2O5S3/c1-29-21(26)15-12-19(30-13-15)32(27,28)24-10-8-23(9-11-24)20(25)18-7-6-17(31-18)14-2-4-16(22)5-3-14/h2-7,12-13H,8-11H2,1H3. The van der Waals surface area contributed by atoms with Gasteiger partial charge in [-0.1, -0.05) is 23.7 Å². The van der Waals surface area contributed by atoms with Crippen molar-refractivity contribution in [1.29, 1.82) is 0 Å². The zero-order valence-corrected chi connectivity index (χ0v) is 20.2. The molecule has 3 heterocycles. The molecular weight excluding hydrogens is 492 g/mol. The van der Waals surface area contributed by atoms with Gasteiger partial charge in [-0.3, -0.25) is 4.79 Å². The van der Waals surface area contributed by atoms with Gasteiger partial charge in [0.05, 0.1) is 17.6 Å². The maximum absolute atomic E-state index is 12.9. The summed E-state index contributed by atoms with van der Waals surface area (Å²) in [6, 6.07) is 12.4. The van der Waals surface area contributed by atoms with E-state index in [9.17, 15) is 18.0 Å². The van der Waals surface area contributed by atoms with E-state index in [-0.39, 0.29) is 28.8 Å². The second-order valence-electron chi connectivity index (χ2n) is 7.01. The highest BCUT2D eigenvalue weighted by Gasteiger charge is 2.32. The highest BCUT2D eigenvalue weighted by Crippen LogP contribution is 2.30. The molecule has 0 unspecified atom stereocenters. The van der Waals surface area contributed by atoms with Crippen LogP contribution >= 0.6 is 34.3 Å². The summed E-state index contributed by atoms with van der Waals surface area (Å²) in [6.45, 7) is 0.965. The summed E-state index contributed by atoms with van der Waals surface area (Å²) in [5.41, 5.74) is 1.19. The minimum absolute atomic E-state index is 0.0866. The van der Waals surface area contributed by atoms with E-state index in [1.54, 1.807) is 23.1 Å². The van der Waals surface area contributed by atoms with Crippen LogP contribution < -0.4 is 0 Å². The van der Waals surface area contributed by atoms with Gasteiger partial charge in [0.25, 0.3) is 15.9 Å². The smallest absolute Gasteiger partial charge is 0.338 e. The molecule has 1 saturated heterocycles. The molecule has 0 radical (unpaired) electrons. The van der Waals surface area contributed by atoms with Crippen molar-refractivity contribution in [3.63, 3.8) is 0 Å². The maximum Gasteiger partial charge on any atom is 0.338 e. The van der Waals surface area contributed by atoms with E-state index < -0.39 is 16.0 Å². The zero-order chi connectivity index (χ0) is 22.9. The third kappa shape index (κ3) is 4.60. The number of rotatable bonds is 5. The molecule has 11 heteroatoms. The lowest BCUT2D eigenvalue weighted by atomic mass is 10.2. The third-order valence-electron chi connectivity index (χ3n) is 5.06. The number of sulfonamides is 1. The van der Waals surface area contributed by atoms with Gasteiger partial charge in [0, 0.05) is 41.5 Å². The van der Waals surface area contributed by atoms with E-state index in [0.29, 0.717) is 23.0 Å². The Labute approximate surface area is 198 Å². The Morgan fingerprint density at radius 2 is 1.72 bits per heavy atom. The lowest BCUT2D eigenvalue weighted by molar-refractivity contribution is 0.0600. The van der Waals surface area contributed by atoms with Gasteiger partial charge in [0.15, 0.2) is 0 Å². The van der Waals surface area contributed by atoms with Crippen molar-refractivity contribution >= 4 is 56.2 Å². The monoisotopic (exact) mass is 510 g/mol. The molecule has 168 valence electrons. The quantitative estimate of drug-likeness (QED) is 0.483. The highest BCUT2D eigenvalue weighted by molar-refractivity contribution is 7.91. The van der Waals surface area contributed by atoms with E-state index in [1.807, 2.05) is 18.2 Å². The van der Waals surface area contributed by atoms with Crippen molar-refractivity contribution in [1.82, 2.24) is 9.21 Å². The van der Waals surface area contributed by atoms with Crippen molar-refractivity contribution < 1.29 is 22.7 Å². The number of ether oxygens (including phenoxy) is 1. The number of esters is 1. The summed E-state index contributed by atoms with van der Waals surface area (Å²) < 4.78 is 31.9. The maximum atomic E-state index is 12.9. The third-order valence-corrected chi connectivity index (χ3v) is 9.75. The van der Waals surface area contributed by atoms with Crippen LogP contribution in [-0.2, 0) is 14.8 Å². The predicted octanol–water partition coefficient (Wildman–Crippen LogP) is 4.06. The first-order valence-corrected chi connectivity index (χ1v) is 13.1. The van der Waals surface area contributed by atoms with Gasteiger partial charge in [-0.15, -0.1) is 22.7 Å². The van der Waals surface area contributed by atoms with Gasteiger partial charge < -0.3 is 9.64 Å². The minimum Gasteiger partial charge on any atom is -0.465 e. The van der Waals surface area contributed by atoms with Crippen LogP contribution in [0.2, 0.25) is 5.02 Å². The molecule has 7 nitrogen and oxygen atoms in total. The number of thiophene rings is 2. The van der Waals surface area contributed by atoms with Gasteiger partial charge >= 0.3 is 5.97 Å². The molecule has 32 heavy (non-hydrogen) atoms. The van der Waals surface area contributed by atoms with Crippen LogP contribution in [-0.4, -0.2) is 62.8 Å². The molecule has 0 saturated carbocycles. The summed E-state index contributed by atoms with van der Waals surface area (Å²) in [4.78, 5) is 27.8. The largest absolute Gasteiger partial charge is 0.465 e. The van der Waals surface area contributed by atoms with Gasteiger partial charge in [-0.05, 0) is 35.9 Å². The molecule has 0 spiro atoms. The number of hydrogen-bond acceptors (Lipinski definition) is 7. The summed E-state index contributed by atoms with van der Waals surface area (Å²) in [7, 11) is -2.49. The molecule has 1 amide bonds. The lowest BCUT2D eigenvalue weighted by Crippen LogP contribution is -2.50. The number of nitrogens with zero attached hydrogens (tertiary/aromatic N) is 2. The first-order chi connectivity index (χ1) is 15.3. The number of carbonyl (C=O) groups is 2. The Morgan fingerprint density at radius 1 is 1.03 bits per heavy atom. The van der Waals surface area contributed by atoms with E-state index in [0.717, 1.165) is 21.8 Å². The van der Waals surface area contributed by atoms with Gasteiger partial charge in [0.2, 0.25) is 0 Å². The van der Waals surface area contributed by atoms with E-state index in [4.69, 9.17) is 11.6 Å². The number of carbonyl (C=O) groups excluding carboxylic acids is 2. The second kappa shape index (κ2) is 9.32. The van der Waals surface area contributed by atoms with Crippen molar-refractivity contribution in [2.75, 3.05) is 33.3 Å². The Bertz CT molecular complexity index is 1240. The van der Waals surface area contributed by atoms with Gasteiger partial charge in [-0.2, -0.15) is 4.31 Å². The van der Waals surface area contributed by atoms with Gasteiger partial charge in [0.1, 0.15) is 4.21 Å². The van der Waals surface area contributed by atoms with E-state index in [1.165, 1.54) is 34.2 Å². The number of amides is 1. The first-order valence-electron chi connectivity index (χ1n) is 9.61. The van der Waals surface area contributed by atoms with Crippen LogP contribution in [0.3, 0.4) is 0 Å². The summed E-state index contributed by atoms with van der Waals surface area (Å²) in [5, 5.41) is 2.12. The number of benzene rings is 1. The molecule has 3 aromatic rings. The van der Waals surface area contributed by atoms with Crippen LogP contribution in [0.4, 0.5) is 0 Å². The molecule has 4 rings (SSSR count). The normalized spacial score (nSPS) is 15.0. The molecule has 1 fully saturated rings. The molecule has 1 aromatic carbocycles. The summed E-state index contributed by atoms with van der Waals surface area (Å²) >= 11 is 8.31. The van der Waals surface area contributed by atoms with Crippen LogP contribution in [0.15, 0.2) is 52.1 Å². The first kappa shape index (κ1) is 22.9. The second-order valence-corrected chi connectivity index (χ2v) is 11.6. The Balaban J connectivity index is 1.41. The lowest BCUT2D eigenvalue weighted by Gasteiger charge is -2.33. The van der Waals surface area contributed by atoms with Crippen LogP contribution in [0, 0.1) is 0 Å². The number of piperazine rings is 1. The van der Waals surface area contributed by atoms with Gasteiger partial charge in [-0.25, -0.2) is 13.2 Å². The molecule has 0 N–H and O–H groups in total. The summed E-state index contributed by atoms with van der Waals surface area (Å²) in [5.74, 6) is -0.691. The molecular formula is C21H19ClN2O5S3.